The first-order valence-electron chi connectivity index (χ1n) is 7.84. The van der Waals surface area contributed by atoms with E-state index in [0.717, 1.165) is 4.90 Å². The van der Waals surface area contributed by atoms with Crippen LogP contribution in [0.15, 0.2) is 30.3 Å². The number of rotatable bonds is 3. The number of fused-ring (bicyclic) bond motifs is 1. The van der Waals surface area contributed by atoms with Gasteiger partial charge >= 0.3 is 0 Å². The number of carbonyl (C=O) groups excluding carboxylic acids is 2. The number of carbonyl (C=O) groups is 2. The lowest BCUT2D eigenvalue weighted by atomic mass is 9.96. The van der Waals surface area contributed by atoms with Crippen LogP contribution in [0.25, 0.3) is 0 Å². The second kappa shape index (κ2) is 6.57. The van der Waals surface area contributed by atoms with Crippen LogP contribution in [0.5, 0.6) is 5.75 Å². The fraction of sp³-hybridized carbons (Fsp3) is 0.222. The zero-order valence-electron chi connectivity index (χ0n) is 14.3. The molecule has 0 spiro atoms. The third-order valence-corrected chi connectivity index (χ3v) is 4.17. The fourth-order valence-electron chi connectivity index (χ4n) is 2.77. The molecule has 1 aliphatic heterocycles. The summed E-state index contributed by atoms with van der Waals surface area (Å²) in [6.45, 7) is 2.00. The Hall–Kier alpha value is -3.10. The van der Waals surface area contributed by atoms with Gasteiger partial charge in [0.1, 0.15) is 5.54 Å². The Morgan fingerprint density at radius 3 is 2.33 bits per heavy atom. The van der Waals surface area contributed by atoms with E-state index in [1.165, 1.54) is 13.8 Å². The van der Waals surface area contributed by atoms with Crippen molar-refractivity contribution in [1.29, 1.82) is 0 Å². The lowest BCUT2D eigenvalue weighted by molar-refractivity contribution is -0.127. The van der Waals surface area contributed by atoms with Crippen LogP contribution in [0, 0.1) is 23.3 Å². The Morgan fingerprint density at radius 2 is 1.70 bits per heavy atom. The second-order valence-electron chi connectivity index (χ2n) is 6.35. The molecule has 9 heteroatoms. The zero-order valence-corrected chi connectivity index (χ0v) is 14.3. The summed E-state index contributed by atoms with van der Waals surface area (Å²) in [5.74, 6) is -9.46. The fourth-order valence-corrected chi connectivity index (χ4v) is 2.77. The van der Waals surface area contributed by atoms with E-state index in [2.05, 4.69) is 5.32 Å². The molecule has 2 amide bonds. The molecule has 0 atom stereocenters. The van der Waals surface area contributed by atoms with Crippen molar-refractivity contribution in [3.8, 4) is 5.75 Å². The average Bonchev–Trinajstić information content (AvgIpc) is 2.60. The molecule has 0 bridgehead atoms. The van der Waals surface area contributed by atoms with Gasteiger partial charge in [-0.1, -0.05) is 12.1 Å². The maximum Gasteiger partial charge on any atom is 0.265 e. The third kappa shape index (κ3) is 3.09. The molecule has 1 N–H and O–H groups in total. The molecule has 2 aromatic carbocycles. The molecule has 0 unspecified atom stereocenters. The van der Waals surface area contributed by atoms with Crippen molar-refractivity contribution in [2.45, 2.75) is 19.4 Å². The van der Waals surface area contributed by atoms with E-state index in [4.69, 9.17) is 4.74 Å². The molecule has 1 heterocycles. The van der Waals surface area contributed by atoms with Gasteiger partial charge < -0.3 is 10.1 Å². The summed E-state index contributed by atoms with van der Waals surface area (Å²) in [6, 6.07) is 6.46. The molecule has 0 saturated heterocycles. The van der Waals surface area contributed by atoms with E-state index >= 15 is 0 Å². The summed E-state index contributed by atoms with van der Waals surface area (Å²) in [5, 5.41) is 2.65. The zero-order chi connectivity index (χ0) is 19.9. The Kier molecular flexibility index (Phi) is 4.54. The van der Waals surface area contributed by atoms with Gasteiger partial charge in [-0.2, -0.15) is 8.78 Å². The van der Waals surface area contributed by atoms with Gasteiger partial charge in [0.05, 0.1) is 11.4 Å². The van der Waals surface area contributed by atoms with Crippen molar-refractivity contribution in [1.82, 2.24) is 0 Å². The molecule has 0 aliphatic carbocycles. The van der Waals surface area contributed by atoms with Gasteiger partial charge in [0, 0.05) is 6.07 Å². The number of nitrogens with one attached hydrogen (secondary N) is 1. The Morgan fingerprint density at radius 1 is 1.11 bits per heavy atom. The summed E-state index contributed by atoms with van der Waals surface area (Å²) in [5.41, 5.74) is -0.620. The second-order valence-corrected chi connectivity index (χ2v) is 6.35. The van der Waals surface area contributed by atoms with Gasteiger partial charge in [-0.3, -0.25) is 14.5 Å². The van der Waals surface area contributed by atoms with Crippen molar-refractivity contribution in [2.24, 2.45) is 0 Å². The molecule has 2 aromatic rings. The van der Waals surface area contributed by atoms with Crippen molar-refractivity contribution in [2.75, 3.05) is 16.8 Å². The highest BCUT2D eigenvalue weighted by Crippen LogP contribution is 2.37. The van der Waals surface area contributed by atoms with E-state index in [0.29, 0.717) is 11.4 Å². The predicted octanol–water partition coefficient (Wildman–Crippen LogP) is 3.39. The minimum atomic E-state index is -1.75. The first-order chi connectivity index (χ1) is 12.6. The van der Waals surface area contributed by atoms with Crippen LogP contribution in [0.1, 0.15) is 13.8 Å². The molecule has 27 heavy (non-hydrogen) atoms. The molecular formula is C18H14F4N2O3. The van der Waals surface area contributed by atoms with E-state index in [9.17, 15) is 27.2 Å². The number of ether oxygens (including phenoxy) is 1. The maximum absolute atomic E-state index is 13.7. The minimum absolute atomic E-state index is 0.0354. The number of benzene rings is 2. The molecule has 142 valence electrons. The van der Waals surface area contributed by atoms with Crippen LogP contribution in [0.3, 0.4) is 0 Å². The van der Waals surface area contributed by atoms with E-state index in [1.54, 1.807) is 24.3 Å². The normalized spacial score (nSPS) is 15.2. The first-order valence-corrected chi connectivity index (χ1v) is 7.84. The minimum Gasteiger partial charge on any atom is -0.477 e. The molecule has 1 aliphatic rings. The lowest BCUT2D eigenvalue weighted by Gasteiger charge is -2.41. The molecule has 0 saturated carbocycles. The first kappa shape index (κ1) is 18.7. The van der Waals surface area contributed by atoms with Crippen molar-refractivity contribution >= 4 is 23.2 Å². The van der Waals surface area contributed by atoms with Crippen LogP contribution in [0.2, 0.25) is 0 Å². The molecule has 3 rings (SSSR count). The van der Waals surface area contributed by atoms with Gasteiger partial charge in [0.15, 0.2) is 24.0 Å². The van der Waals surface area contributed by atoms with Crippen LogP contribution in [0.4, 0.5) is 28.9 Å². The summed E-state index contributed by atoms with van der Waals surface area (Å²) < 4.78 is 58.6. The molecular weight excluding hydrogens is 368 g/mol. The van der Waals surface area contributed by atoms with E-state index in [1.807, 2.05) is 0 Å². The molecule has 5 nitrogen and oxygen atoms in total. The Balaban J connectivity index is 1.92. The largest absolute Gasteiger partial charge is 0.477 e. The van der Waals surface area contributed by atoms with Crippen molar-refractivity contribution < 1.29 is 31.9 Å². The summed E-state index contributed by atoms with van der Waals surface area (Å²) in [7, 11) is 0. The van der Waals surface area contributed by atoms with Crippen LogP contribution in [-0.4, -0.2) is 24.0 Å². The van der Waals surface area contributed by atoms with Gasteiger partial charge in [-0.05, 0) is 26.0 Å². The monoisotopic (exact) mass is 382 g/mol. The van der Waals surface area contributed by atoms with Gasteiger partial charge in [-0.25, -0.2) is 8.78 Å². The van der Waals surface area contributed by atoms with Crippen molar-refractivity contribution in [3.05, 3.63) is 53.6 Å². The Labute approximate surface area is 151 Å². The molecule has 0 aromatic heterocycles. The Bertz CT molecular complexity index is 920. The topological polar surface area (TPSA) is 58.6 Å². The van der Waals surface area contributed by atoms with Crippen LogP contribution in [-0.2, 0) is 9.59 Å². The average molecular weight is 382 g/mol. The highest BCUT2D eigenvalue weighted by molar-refractivity contribution is 6.14. The predicted molar refractivity (Wildman–Crippen MR) is 88.4 cm³/mol. The summed E-state index contributed by atoms with van der Waals surface area (Å²) in [6.07, 6.45) is 0. The summed E-state index contributed by atoms with van der Waals surface area (Å²) in [4.78, 5) is 26.1. The number of nitrogens with zero attached hydrogens (tertiary/aromatic N) is 1. The highest BCUT2D eigenvalue weighted by atomic mass is 19.2. The van der Waals surface area contributed by atoms with E-state index in [-0.39, 0.29) is 6.07 Å². The number of para-hydroxylation sites is 2. The molecule has 0 radical (unpaired) electrons. The molecule has 0 fully saturated rings. The summed E-state index contributed by atoms with van der Waals surface area (Å²) >= 11 is 0. The quantitative estimate of drug-likeness (QED) is 0.654. The lowest BCUT2D eigenvalue weighted by Crippen LogP contribution is -2.59. The number of hydrogen-bond acceptors (Lipinski definition) is 3. The van der Waals surface area contributed by atoms with Gasteiger partial charge in [0.2, 0.25) is 17.5 Å². The van der Waals surface area contributed by atoms with Crippen LogP contribution >= 0.6 is 0 Å². The number of amides is 2. The number of halogens is 4. The standard InChI is InChI=1S/C18H14F4N2O3/c1-18(2)17(26)23-11-5-3-4-6-12(11)24(18)13(25)8-27-16-14(21)9(19)7-10(20)15(16)22/h3-7H,8H2,1-2H3,(H,23,26). The van der Waals surface area contributed by atoms with Crippen LogP contribution < -0.4 is 15.0 Å². The highest BCUT2D eigenvalue weighted by Gasteiger charge is 2.43. The van der Waals surface area contributed by atoms with Gasteiger partial charge in [0.25, 0.3) is 5.91 Å². The van der Waals surface area contributed by atoms with Gasteiger partial charge in [-0.15, -0.1) is 0 Å². The van der Waals surface area contributed by atoms with Crippen molar-refractivity contribution in [3.63, 3.8) is 0 Å². The maximum atomic E-state index is 13.7. The number of anilines is 2. The third-order valence-electron chi connectivity index (χ3n) is 4.17. The SMILES string of the molecule is CC1(C)C(=O)Nc2ccccc2N1C(=O)COc1c(F)c(F)cc(F)c1F. The smallest absolute Gasteiger partial charge is 0.265 e. The van der Waals surface area contributed by atoms with E-state index < -0.39 is 53.0 Å². The number of hydrogen-bond donors (Lipinski definition) is 1.